The normalized spacial score (nSPS) is 10.2. The first-order valence-electron chi connectivity index (χ1n) is 9.71. The number of carbonyl (C=O) groups is 2. The zero-order valence-corrected chi connectivity index (χ0v) is 17.8. The summed E-state index contributed by atoms with van der Waals surface area (Å²) in [4.78, 5) is 33.5. The number of hydrazine groups is 1. The van der Waals surface area contributed by atoms with E-state index in [0.717, 1.165) is 16.5 Å². The lowest BCUT2D eigenvalue weighted by Gasteiger charge is -2.10. The smallest absolute Gasteiger partial charge is 0.267 e. The van der Waals surface area contributed by atoms with Gasteiger partial charge in [-0.05, 0) is 48.7 Å². The second-order valence-electron chi connectivity index (χ2n) is 6.91. The summed E-state index contributed by atoms with van der Waals surface area (Å²) in [5.74, 6) is 4.87. The number of amides is 2. The van der Waals surface area contributed by atoms with Crippen LogP contribution in [0.25, 0.3) is 10.9 Å². The minimum absolute atomic E-state index is 0.115. The van der Waals surface area contributed by atoms with Gasteiger partial charge in [-0.1, -0.05) is 53.9 Å². The highest BCUT2D eigenvalue weighted by Gasteiger charge is 2.15. The number of para-hydroxylation sites is 1. The molecule has 2 heterocycles. The molecule has 6 nitrogen and oxygen atoms in total. The fraction of sp³-hybridized carbons (Fsp3) is 0.0400. The molecule has 4 rings (SSSR count). The number of pyridine rings is 2. The van der Waals surface area contributed by atoms with Gasteiger partial charge < -0.3 is 0 Å². The number of benzene rings is 2. The van der Waals surface area contributed by atoms with Gasteiger partial charge >= 0.3 is 0 Å². The number of nitrogens with one attached hydrogen (secondary N) is 2. The molecular formula is C25H17ClN4O2. The van der Waals surface area contributed by atoms with Crippen molar-refractivity contribution in [1.82, 2.24) is 20.8 Å². The van der Waals surface area contributed by atoms with Gasteiger partial charge in [-0.3, -0.25) is 25.4 Å². The van der Waals surface area contributed by atoms with E-state index in [1.807, 2.05) is 30.3 Å². The van der Waals surface area contributed by atoms with E-state index in [1.165, 1.54) is 6.07 Å². The van der Waals surface area contributed by atoms with E-state index in [2.05, 4.69) is 32.7 Å². The fourth-order valence-electron chi connectivity index (χ4n) is 3.07. The van der Waals surface area contributed by atoms with Crippen molar-refractivity contribution >= 4 is 34.3 Å². The lowest BCUT2D eigenvalue weighted by Crippen LogP contribution is -2.42. The molecule has 156 valence electrons. The highest BCUT2D eigenvalue weighted by Crippen LogP contribution is 2.19. The summed E-state index contributed by atoms with van der Waals surface area (Å²) in [6.07, 6.45) is 1.69. The molecule has 2 aromatic carbocycles. The Balaban J connectivity index is 1.46. The van der Waals surface area contributed by atoms with Crippen LogP contribution in [0.5, 0.6) is 0 Å². The number of nitrogens with zero attached hydrogens (tertiary/aromatic N) is 2. The minimum atomic E-state index is -0.570. The van der Waals surface area contributed by atoms with Crippen LogP contribution >= 0.6 is 11.6 Å². The lowest BCUT2D eigenvalue weighted by atomic mass is 10.1. The average Bonchev–Trinajstić information content (AvgIpc) is 2.81. The molecule has 0 radical (unpaired) electrons. The highest BCUT2D eigenvalue weighted by molar-refractivity contribution is 6.34. The van der Waals surface area contributed by atoms with Crippen LogP contribution in [0, 0.1) is 18.8 Å². The molecule has 4 aromatic rings. The zero-order chi connectivity index (χ0) is 22.5. The third kappa shape index (κ3) is 4.75. The van der Waals surface area contributed by atoms with E-state index < -0.39 is 11.8 Å². The maximum absolute atomic E-state index is 12.4. The minimum Gasteiger partial charge on any atom is -0.267 e. The summed E-state index contributed by atoms with van der Waals surface area (Å²) >= 11 is 6.09. The van der Waals surface area contributed by atoms with Crippen molar-refractivity contribution in [3.8, 4) is 11.8 Å². The van der Waals surface area contributed by atoms with Gasteiger partial charge in [-0.2, -0.15) is 0 Å². The maximum Gasteiger partial charge on any atom is 0.288 e. The fourth-order valence-corrected chi connectivity index (χ4v) is 3.37. The van der Waals surface area contributed by atoms with Crippen LogP contribution in [0.3, 0.4) is 0 Å². The molecule has 2 N–H and O–H groups in total. The van der Waals surface area contributed by atoms with Crippen LogP contribution in [0.2, 0.25) is 5.02 Å². The number of hydrogen-bond acceptors (Lipinski definition) is 4. The van der Waals surface area contributed by atoms with Crippen LogP contribution in [-0.2, 0) is 0 Å². The Morgan fingerprint density at radius 3 is 2.53 bits per heavy atom. The first-order chi connectivity index (χ1) is 15.5. The first-order valence-corrected chi connectivity index (χ1v) is 10.1. The Hall–Kier alpha value is -4.21. The molecule has 0 bridgehead atoms. The van der Waals surface area contributed by atoms with Crippen molar-refractivity contribution in [3.05, 3.63) is 106 Å². The van der Waals surface area contributed by atoms with E-state index in [4.69, 9.17) is 11.6 Å². The van der Waals surface area contributed by atoms with E-state index in [-0.39, 0.29) is 5.69 Å². The van der Waals surface area contributed by atoms with Crippen LogP contribution in [0.4, 0.5) is 0 Å². The molecule has 0 aliphatic heterocycles. The van der Waals surface area contributed by atoms with Crippen molar-refractivity contribution in [3.63, 3.8) is 0 Å². The number of rotatable bonds is 2. The van der Waals surface area contributed by atoms with Crippen molar-refractivity contribution in [2.24, 2.45) is 0 Å². The predicted octanol–water partition coefficient (Wildman–Crippen LogP) is 4.07. The van der Waals surface area contributed by atoms with Crippen LogP contribution in [0.1, 0.15) is 37.7 Å². The van der Waals surface area contributed by atoms with Gasteiger partial charge in [0.2, 0.25) is 0 Å². The van der Waals surface area contributed by atoms with Gasteiger partial charge in [0.1, 0.15) is 11.4 Å². The van der Waals surface area contributed by atoms with Gasteiger partial charge in [0.05, 0.1) is 16.1 Å². The number of halogens is 1. The maximum atomic E-state index is 12.4. The molecule has 0 aliphatic rings. The molecule has 7 heteroatoms. The second kappa shape index (κ2) is 9.29. The third-order valence-electron chi connectivity index (χ3n) is 4.65. The number of aryl methyl sites for hydroxylation is 1. The molecule has 0 spiro atoms. The highest BCUT2D eigenvalue weighted by atomic mass is 35.5. The summed E-state index contributed by atoms with van der Waals surface area (Å²) in [5.41, 5.74) is 7.88. The van der Waals surface area contributed by atoms with Crippen LogP contribution < -0.4 is 10.9 Å². The Bertz CT molecular complexity index is 1390. The Kier molecular flexibility index (Phi) is 6.11. The monoisotopic (exact) mass is 440 g/mol. The summed E-state index contributed by atoms with van der Waals surface area (Å²) < 4.78 is 0. The van der Waals surface area contributed by atoms with Crippen LogP contribution in [-0.4, -0.2) is 21.8 Å². The van der Waals surface area contributed by atoms with Gasteiger partial charge in [-0.25, -0.2) is 4.98 Å². The zero-order valence-electron chi connectivity index (χ0n) is 17.0. The van der Waals surface area contributed by atoms with Crippen LogP contribution in [0.15, 0.2) is 72.9 Å². The lowest BCUT2D eigenvalue weighted by molar-refractivity contribution is 0.0843. The average molecular weight is 441 g/mol. The Labute approximate surface area is 189 Å². The largest absolute Gasteiger partial charge is 0.288 e. The molecule has 2 aromatic heterocycles. The van der Waals surface area contributed by atoms with E-state index in [9.17, 15) is 9.59 Å². The van der Waals surface area contributed by atoms with Crippen molar-refractivity contribution in [2.45, 2.75) is 6.92 Å². The number of aromatic nitrogens is 2. The third-order valence-corrected chi connectivity index (χ3v) is 4.96. The predicted molar refractivity (Wildman–Crippen MR) is 123 cm³/mol. The van der Waals surface area contributed by atoms with E-state index in [1.54, 1.807) is 43.5 Å². The number of carbonyl (C=O) groups excluding carboxylic acids is 2. The molecule has 0 atom stereocenters. The van der Waals surface area contributed by atoms with E-state index >= 15 is 0 Å². The molecule has 0 saturated carbocycles. The van der Waals surface area contributed by atoms with E-state index in [0.29, 0.717) is 21.8 Å². The summed E-state index contributed by atoms with van der Waals surface area (Å²) in [6.45, 7) is 1.76. The standard InChI is InChI=1S/C25H17ClN4O2/c1-16-6-4-9-20(26)23(16)25(32)30-29-24(31)22-11-5-8-19(28-22)13-12-17-14-18-7-2-3-10-21(18)27-15-17/h2-11,14-15H,1H3,(H,29,31)(H,30,32). The topological polar surface area (TPSA) is 84.0 Å². The van der Waals surface area contributed by atoms with Gasteiger partial charge in [-0.15, -0.1) is 0 Å². The SMILES string of the molecule is Cc1cccc(Cl)c1C(=O)NNC(=O)c1cccc(C#Cc2cnc3ccccc3c2)n1. The summed E-state index contributed by atoms with van der Waals surface area (Å²) in [6, 6.07) is 19.7. The Morgan fingerprint density at radius 1 is 0.906 bits per heavy atom. The Morgan fingerprint density at radius 2 is 1.69 bits per heavy atom. The molecule has 0 saturated heterocycles. The molecule has 0 unspecified atom stereocenters. The molecule has 0 fully saturated rings. The van der Waals surface area contributed by atoms with Crippen molar-refractivity contribution in [2.75, 3.05) is 0 Å². The number of fused-ring (bicyclic) bond motifs is 1. The summed E-state index contributed by atoms with van der Waals surface area (Å²) in [5, 5.41) is 1.29. The number of hydrogen-bond donors (Lipinski definition) is 2. The summed E-state index contributed by atoms with van der Waals surface area (Å²) in [7, 11) is 0. The quantitative estimate of drug-likeness (QED) is 0.363. The van der Waals surface area contributed by atoms with Crippen molar-refractivity contribution in [1.29, 1.82) is 0 Å². The van der Waals surface area contributed by atoms with Gasteiger partial charge in [0.25, 0.3) is 11.8 Å². The van der Waals surface area contributed by atoms with Gasteiger partial charge in [0.15, 0.2) is 0 Å². The molecule has 32 heavy (non-hydrogen) atoms. The molecule has 2 amide bonds. The first kappa shape index (κ1) is 21.0. The van der Waals surface area contributed by atoms with Gasteiger partial charge in [0, 0.05) is 17.1 Å². The molecular weight excluding hydrogens is 424 g/mol. The van der Waals surface area contributed by atoms with Crippen molar-refractivity contribution < 1.29 is 9.59 Å². The second-order valence-corrected chi connectivity index (χ2v) is 7.32. The molecule has 0 aliphatic carbocycles.